The van der Waals surface area contributed by atoms with Gasteiger partial charge in [-0.1, -0.05) is 6.92 Å². The van der Waals surface area contributed by atoms with Crippen LogP contribution in [0.3, 0.4) is 0 Å². The van der Waals surface area contributed by atoms with Crippen LogP contribution in [0.5, 0.6) is 0 Å². The van der Waals surface area contributed by atoms with Gasteiger partial charge in [-0.15, -0.1) is 0 Å². The lowest BCUT2D eigenvalue weighted by Crippen LogP contribution is -2.46. The molecule has 1 atom stereocenters. The van der Waals surface area contributed by atoms with E-state index in [4.69, 9.17) is 4.74 Å². The first-order valence-electron chi connectivity index (χ1n) is 4.55. The second-order valence-electron chi connectivity index (χ2n) is 3.66. The molecule has 0 aliphatic carbocycles. The zero-order valence-corrected chi connectivity index (χ0v) is 7.85. The van der Waals surface area contributed by atoms with Crippen LogP contribution in [0, 0.1) is 0 Å². The normalized spacial score (nSPS) is 28.8. The second-order valence-corrected chi connectivity index (χ2v) is 3.66. The predicted molar refractivity (Wildman–Crippen MR) is 46.9 cm³/mol. The van der Waals surface area contributed by atoms with E-state index in [1.807, 2.05) is 13.8 Å². The molecule has 1 amide bonds. The summed E-state index contributed by atoms with van der Waals surface area (Å²) in [4.78, 5) is 11.2. The Kier molecular flexibility index (Phi) is 3.09. The Morgan fingerprint density at radius 2 is 2.42 bits per heavy atom. The van der Waals surface area contributed by atoms with Crippen molar-refractivity contribution in [1.29, 1.82) is 0 Å². The SMILES string of the molecule is CCCC(=O)NC1(C)CCOC1. The van der Waals surface area contributed by atoms with Gasteiger partial charge in [0.25, 0.3) is 0 Å². The number of hydrogen-bond acceptors (Lipinski definition) is 2. The summed E-state index contributed by atoms with van der Waals surface area (Å²) >= 11 is 0. The molecule has 1 N–H and O–H groups in total. The quantitative estimate of drug-likeness (QED) is 0.690. The molecule has 1 unspecified atom stereocenters. The van der Waals surface area contributed by atoms with Gasteiger partial charge in [-0.2, -0.15) is 0 Å². The van der Waals surface area contributed by atoms with E-state index < -0.39 is 0 Å². The summed E-state index contributed by atoms with van der Waals surface area (Å²) in [6.45, 7) is 5.46. The molecule has 0 aromatic carbocycles. The molecule has 3 nitrogen and oxygen atoms in total. The highest BCUT2D eigenvalue weighted by Crippen LogP contribution is 2.17. The van der Waals surface area contributed by atoms with E-state index in [-0.39, 0.29) is 11.4 Å². The number of carbonyl (C=O) groups is 1. The van der Waals surface area contributed by atoms with Crippen molar-refractivity contribution in [3.8, 4) is 0 Å². The first-order valence-corrected chi connectivity index (χ1v) is 4.55. The Hall–Kier alpha value is -0.570. The fraction of sp³-hybridized carbons (Fsp3) is 0.889. The van der Waals surface area contributed by atoms with Gasteiger partial charge in [0.15, 0.2) is 0 Å². The Morgan fingerprint density at radius 1 is 1.67 bits per heavy atom. The van der Waals surface area contributed by atoms with Gasteiger partial charge in [0.2, 0.25) is 5.91 Å². The summed E-state index contributed by atoms with van der Waals surface area (Å²) in [7, 11) is 0. The summed E-state index contributed by atoms with van der Waals surface area (Å²) in [5, 5.41) is 2.99. The lowest BCUT2D eigenvalue weighted by Gasteiger charge is -2.23. The van der Waals surface area contributed by atoms with E-state index in [1.54, 1.807) is 0 Å². The van der Waals surface area contributed by atoms with Gasteiger partial charge >= 0.3 is 0 Å². The fourth-order valence-electron chi connectivity index (χ4n) is 1.39. The summed E-state index contributed by atoms with van der Waals surface area (Å²) in [6, 6.07) is 0. The molecule has 3 heteroatoms. The van der Waals surface area contributed by atoms with E-state index in [0.717, 1.165) is 19.4 Å². The molecule has 0 radical (unpaired) electrons. The molecule has 0 aromatic heterocycles. The Balaban J connectivity index is 2.33. The zero-order chi connectivity index (χ0) is 9.03. The average Bonchev–Trinajstić information content (AvgIpc) is 2.36. The summed E-state index contributed by atoms with van der Waals surface area (Å²) in [6.07, 6.45) is 2.46. The van der Waals surface area contributed by atoms with Crippen molar-refractivity contribution in [2.45, 2.75) is 38.6 Å². The van der Waals surface area contributed by atoms with Crippen molar-refractivity contribution in [3.05, 3.63) is 0 Å². The minimum atomic E-state index is -0.105. The largest absolute Gasteiger partial charge is 0.379 e. The highest BCUT2D eigenvalue weighted by Gasteiger charge is 2.30. The maximum absolute atomic E-state index is 11.2. The van der Waals surface area contributed by atoms with Crippen LogP contribution in [0.25, 0.3) is 0 Å². The van der Waals surface area contributed by atoms with Crippen LogP contribution >= 0.6 is 0 Å². The lowest BCUT2D eigenvalue weighted by atomic mass is 10.0. The van der Waals surface area contributed by atoms with Crippen molar-refractivity contribution in [2.75, 3.05) is 13.2 Å². The van der Waals surface area contributed by atoms with Gasteiger partial charge < -0.3 is 10.1 Å². The van der Waals surface area contributed by atoms with Crippen LogP contribution < -0.4 is 5.32 Å². The number of hydrogen-bond donors (Lipinski definition) is 1. The van der Waals surface area contributed by atoms with Crippen LogP contribution in [0.2, 0.25) is 0 Å². The van der Waals surface area contributed by atoms with Gasteiger partial charge in [0, 0.05) is 13.0 Å². The van der Waals surface area contributed by atoms with E-state index in [1.165, 1.54) is 0 Å². The molecular weight excluding hydrogens is 154 g/mol. The van der Waals surface area contributed by atoms with E-state index in [0.29, 0.717) is 13.0 Å². The molecule has 1 fully saturated rings. The Bertz CT molecular complexity index is 162. The van der Waals surface area contributed by atoms with Crippen molar-refractivity contribution in [1.82, 2.24) is 5.32 Å². The smallest absolute Gasteiger partial charge is 0.220 e. The molecule has 70 valence electrons. The van der Waals surface area contributed by atoms with Crippen LogP contribution in [0.4, 0.5) is 0 Å². The maximum atomic E-state index is 11.2. The number of nitrogens with one attached hydrogen (secondary N) is 1. The van der Waals surface area contributed by atoms with Crippen LogP contribution in [0.15, 0.2) is 0 Å². The highest BCUT2D eigenvalue weighted by molar-refractivity contribution is 5.76. The fourth-order valence-corrected chi connectivity index (χ4v) is 1.39. The molecule has 1 aliphatic heterocycles. The second kappa shape index (κ2) is 3.90. The molecular formula is C9H17NO2. The van der Waals surface area contributed by atoms with E-state index in [2.05, 4.69) is 5.32 Å². The topological polar surface area (TPSA) is 38.3 Å². The van der Waals surface area contributed by atoms with Gasteiger partial charge in [0.05, 0.1) is 12.1 Å². The minimum Gasteiger partial charge on any atom is -0.379 e. The van der Waals surface area contributed by atoms with Gasteiger partial charge in [-0.25, -0.2) is 0 Å². The number of amides is 1. The monoisotopic (exact) mass is 171 g/mol. The third-order valence-electron chi connectivity index (χ3n) is 2.14. The van der Waals surface area contributed by atoms with E-state index in [9.17, 15) is 4.79 Å². The lowest BCUT2D eigenvalue weighted by molar-refractivity contribution is -0.122. The Labute approximate surface area is 73.5 Å². The minimum absolute atomic E-state index is 0.105. The van der Waals surface area contributed by atoms with Crippen molar-refractivity contribution < 1.29 is 9.53 Å². The molecule has 0 bridgehead atoms. The van der Waals surface area contributed by atoms with Crippen molar-refractivity contribution in [2.24, 2.45) is 0 Å². The van der Waals surface area contributed by atoms with Crippen LogP contribution in [-0.4, -0.2) is 24.7 Å². The summed E-state index contributed by atoms with van der Waals surface area (Å²) in [5.41, 5.74) is -0.105. The molecule has 1 rings (SSSR count). The molecule has 1 aliphatic rings. The van der Waals surface area contributed by atoms with Crippen molar-refractivity contribution in [3.63, 3.8) is 0 Å². The molecule has 12 heavy (non-hydrogen) atoms. The van der Waals surface area contributed by atoms with Gasteiger partial charge in [-0.3, -0.25) is 4.79 Å². The van der Waals surface area contributed by atoms with E-state index >= 15 is 0 Å². The molecule has 0 spiro atoms. The molecule has 0 aromatic rings. The first-order chi connectivity index (χ1) is 5.66. The zero-order valence-electron chi connectivity index (χ0n) is 7.85. The third-order valence-corrected chi connectivity index (χ3v) is 2.14. The van der Waals surface area contributed by atoms with Crippen LogP contribution in [0.1, 0.15) is 33.1 Å². The summed E-state index contributed by atoms with van der Waals surface area (Å²) in [5.74, 6) is 0.144. The molecule has 0 saturated carbocycles. The number of ether oxygens (including phenoxy) is 1. The van der Waals surface area contributed by atoms with Gasteiger partial charge in [0.1, 0.15) is 0 Å². The number of carbonyl (C=O) groups excluding carboxylic acids is 1. The predicted octanol–water partition coefficient (Wildman–Crippen LogP) is 1.08. The maximum Gasteiger partial charge on any atom is 0.220 e. The first kappa shape index (κ1) is 9.52. The number of rotatable bonds is 3. The molecule has 1 saturated heterocycles. The van der Waals surface area contributed by atoms with Crippen molar-refractivity contribution >= 4 is 5.91 Å². The summed E-state index contributed by atoms with van der Waals surface area (Å²) < 4.78 is 5.22. The average molecular weight is 171 g/mol. The standard InChI is InChI=1S/C9H17NO2/c1-3-4-8(11)10-9(2)5-6-12-7-9/h3-7H2,1-2H3,(H,10,11). The Morgan fingerprint density at radius 3 is 2.92 bits per heavy atom. The third kappa shape index (κ3) is 2.48. The van der Waals surface area contributed by atoms with Crippen LogP contribution in [-0.2, 0) is 9.53 Å². The highest BCUT2D eigenvalue weighted by atomic mass is 16.5. The molecule has 1 heterocycles. The van der Waals surface area contributed by atoms with Gasteiger partial charge in [-0.05, 0) is 19.8 Å².